The van der Waals surface area contributed by atoms with Crippen LogP contribution in [-0.2, 0) is 6.42 Å². The van der Waals surface area contributed by atoms with Crippen LogP contribution in [0.3, 0.4) is 0 Å². The molecule has 20 heavy (non-hydrogen) atoms. The fourth-order valence-corrected chi connectivity index (χ4v) is 3.19. The monoisotopic (exact) mass is 364 g/mol. The van der Waals surface area contributed by atoms with Gasteiger partial charge in [0.2, 0.25) is 0 Å². The predicted octanol–water partition coefficient (Wildman–Crippen LogP) is 5.21. The molecule has 3 rings (SSSR count). The smallest absolute Gasteiger partial charge is 0.147 e. The molecule has 2 nitrogen and oxygen atoms in total. The van der Waals surface area contributed by atoms with E-state index in [9.17, 15) is 0 Å². The summed E-state index contributed by atoms with van der Waals surface area (Å²) in [7, 11) is 0. The maximum Gasteiger partial charge on any atom is 0.147 e. The highest BCUT2D eigenvalue weighted by Crippen LogP contribution is 2.31. The highest BCUT2D eigenvalue weighted by atomic mass is 79.9. The van der Waals surface area contributed by atoms with Gasteiger partial charge in [-0.2, -0.15) is 0 Å². The van der Waals surface area contributed by atoms with Crippen molar-refractivity contribution in [1.29, 1.82) is 0 Å². The standard InChI is InChI=1S/C15H10BrClN2S/c16-13-14(10-5-2-1-3-6-10)18-12(19-15(13)17)9-11-7-4-8-20-11/h1-8H,9H2. The van der Waals surface area contributed by atoms with Gasteiger partial charge in [-0.15, -0.1) is 11.3 Å². The number of aromatic nitrogens is 2. The molecule has 0 bridgehead atoms. The van der Waals surface area contributed by atoms with Gasteiger partial charge in [-0.1, -0.05) is 48.0 Å². The minimum atomic E-state index is 0.449. The first-order valence-electron chi connectivity index (χ1n) is 6.04. The first-order valence-corrected chi connectivity index (χ1v) is 8.09. The maximum atomic E-state index is 6.21. The molecule has 2 aromatic heterocycles. The Morgan fingerprint density at radius 1 is 1.05 bits per heavy atom. The van der Waals surface area contributed by atoms with Gasteiger partial charge in [-0.05, 0) is 27.4 Å². The first kappa shape index (κ1) is 13.7. The first-order chi connectivity index (χ1) is 9.74. The van der Waals surface area contributed by atoms with Crippen LogP contribution in [0.4, 0.5) is 0 Å². The van der Waals surface area contributed by atoms with Crippen molar-refractivity contribution in [2.75, 3.05) is 0 Å². The van der Waals surface area contributed by atoms with Crippen molar-refractivity contribution in [3.05, 3.63) is 68.2 Å². The summed E-state index contributed by atoms with van der Waals surface area (Å²) >= 11 is 11.4. The van der Waals surface area contributed by atoms with Crippen molar-refractivity contribution in [2.24, 2.45) is 0 Å². The molecule has 0 amide bonds. The van der Waals surface area contributed by atoms with Crippen LogP contribution in [-0.4, -0.2) is 9.97 Å². The summed E-state index contributed by atoms with van der Waals surface area (Å²) in [4.78, 5) is 10.2. The molecule has 2 heterocycles. The van der Waals surface area contributed by atoms with E-state index in [0.717, 1.165) is 21.6 Å². The van der Waals surface area contributed by atoms with Crippen LogP contribution >= 0.6 is 38.9 Å². The molecule has 1 aromatic carbocycles. The van der Waals surface area contributed by atoms with Crippen molar-refractivity contribution in [1.82, 2.24) is 9.97 Å². The zero-order valence-corrected chi connectivity index (χ0v) is 13.5. The van der Waals surface area contributed by atoms with Crippen LogP contribution in [0, 0.1) is 0 Å². The van der Waals surface area contributed by atoms with Gasteiger partial charge >= 0.3 is 0 Å². The summed E-state index contributed by atoms with van der Waals surface area (Å²) in [5.41, 5.74) is 1.85. The topological polar surface area (TPSA) is 25.8 Å². The molecule has 5 heteroatoms. The maximum absolute atomic E-state index is 6.21. The molecule has 0 unspecified atom stereocenters. The second kappa shape index (κ2) is 6.04. The molecule has 0 fully saturated rings. The summed E-state index contributed by atoms with van der Waals surface area (Å²) in [5, 5.41) is 2.50. The Kier molecular flexibility index (Phi) is 4.15. The number of hydrogen-bond acceptors (Lipinski definition) is 3. The highest BCUT2D eigenvalue weighted by Gasteiger charge is 2.13. The van der Waals surface area contributed by atoms with E-state index in [-0.39, 0.29) is 0 Å². The van der Waals surface area contributed by atoms with Crippen molar-refractivity contribution >= 4 is 38.9 Å². The fraction of sp³-hybridized carbons (Fsp3) is 0.0667. The van der Waals surface area contributed by atoms with Gasteiger partial charge in [-0.25, -0.2) is 9.97 Å². The zero-order chi connectivity index (χ0) is 13.9. The molecule has 0 aliphatic rings. The van der Waals surface area contributed by atoms with Gasteiger partial charge < -0.3 is 0 Å². The Balaban J connectivity index is 2.04. The third-order valence-corrected chi connectivity index (χ3v) is 4.95. The largest absolute Gasteiger partial charge is 0.231 e. The molecule has 0 atom stereocenters. The second-order valence-corrected chi connectivity index (χ2v) is 6.40. The van der Waals surface area contributed by atoms with Crippen molar-refractivity contribution in [2.45, 2.75) is 6.42 Å². The van der Waals surface area contributed by atoms with Gasteiger partial charge in [0, 0.05) is 16.9 Å². The summed E-state index contributed by atoms with van der Waals surface area (Å²) in [6.07, 6.45) is 0.699. The van der Waals surface area contributed by atoms with Gasteiger partial charge in [0.05, 0.1) is 10.2 Å². The molecule has 0 spiro atoms. The van der Waals surface area contributed by atoms with Gasteiger partial charge in [-0.3, -0.25) is 0 Å². The van der Waals surface area contributed by atoms with Crippen molar-refractivity contribution in [3.63, 3.8) is 0 Å². The summed E-state index contributed by atoms with van der Waals surface area (Å²) < 4.78 is 0.736. The third kappa shape index (κ3) is 2.92. The van der Waals surface area contributed by atoms with Crippen LogP contribution < -0.4 is 0 Å². The van der Waals surface area contributed by atoms with E-state index in [1.54, 1.807) is 11.3 Å². The molecule has 0 saturated heterocycles. The van der Waals surface area contributed by atoms with Crippen LogP contribution in [0.5, 0.6) is 0 Å². The molecule has 0 N–H and O–H groups in total. The normalized spacial score (nSPS) is 10.7. The SMILES string of the molecule is Clc1nc(Cc2cccs2)nc(-c2ccccc2)c1Br. The summed E-state index contributed by atoms with van der Waals surface area (Å²) in [6, 6.07) is 14.1. The Morgan fingerprint density at radius 2 is 1.85 bits per heavy atom. The van der Waals surface area contributed by atoms with Gasteiger partial charge in [0.15, 0.2) is 0 Å². The molecular weight excluding hydrogens is 356 g/mol. The van der Waals surface area contributed by atoms with Crippen LogP contribution in [0.15, 0.2) is 52.3 Å². The quantitative estimate of drug-likeness (QED) is 0.595. The Bertz CT molecular complexity index is 714. The van der Waals surface area contributed by atoms with E-state index < -0.39 is 0 Å². The van der Waals surface area contributed by atoms with E-state index in [1.165, 1.54) is 4.88 Å². The van der Waals surface area contributed by atoms with Crippen LogP contribution in [0.2, 0.25) is 5.15 Å². The summed E-state index contributed by atoms with van der Waals surface area (Å²) in [5.74, 6) is 0.736. The number of hydrogen-bond donors (Lipinski definition) is 0. The lowest BCUT2D eigenvalue weighted by Crippen LogP contribution is -1.99. The third-order valence-electron chi connectivity index (χ3n) is 2.82. The Hall–Kier alpha value is -1.23. The second-order valence-electron chi connectivity index (χ2n) is 4.22. The summed E-state index contributed by atoms with van der Waals surface area (Å²) in [6.45, 7) is 0. The molecule has 0 saturated carbocycles. The number of halogens is 2. The molecular formula is C15H10BrClN2S. The molecule has 3 aromatic rings. The Morgan fingerprint density at radius 3 is 2.55 bits per heavy atom. The van der Waals surface area contributed by atoms with E-state index in [0.29, 0.717) is 11.6 Å². The average Bonchev–Trinajstić information content (AvgIpc) is 2.96. The lowest BCUT2D eigenvalue weighted by molar-refractivity contribution is 0.979. The number of thiophene rings is 1. The van der Waals surface area contributed by atoms with Crippen LogP contribution in [0.1, 0.15) is 10.7 Å². The van der Waals surface area contributed by atoms with E-state index >= 15 is 0 Å². The Labute approximate surface area is 134 Å². The van der Waals surface area contributed by atoms with E-state index in [2.05, 4.69) is 32.0 Å². The molecule has 0 aliphatic carbocycles. The molecule has 0 radical (unpaired) electrons. The van der Waals surface area contributed by atoms with Crippen molar-refractivity contribution in [3.8, 4) is 11.3 Å². The number of nitrogens with zero attached hydrogens (tertiary/aromatic N) is 2. The van der Waals surface area contributed by atoms with Gasteiger partial charge in [0.1, 0.15) is 11.0 Å². The van der Waals surface area contributed by atoms with Gasteiger partial charge in [0.25, 0.3) is 0 Å². The lowest BCUT2D eigenvalue weighted by atomic mass is 10.1. The number of rotatable bonds is 3. The molecule has 0 aliphatic heterocycles. The van der Waals surface area contributed by atoms with Crippen LogP contribution in [0.25, 0.3) is 11.3 Å². The minimum Gasteiger partial charge on any atom is -0.231 e. The fourth-order valence-electron chi connectivity index (χ4n) is 1.90. The molecule has 100 valence electrons. The van der Waals surface area contributed by atoms with E-state index in [1.807, 2.05) is 41.8 Å². The zero-order valence-electron chi connectivity index (χ0n) is 10.4. The van der Waals surface area contributed by atoms with Crippen molar-refractivity contribution < 1.29 is 0 Å². The highest BCUT2D eigenvalue weighted by molar-refractivity contribution is 9.10. The lowest BCUT2D eigenvalue weighted by Gasteiger charge is -2.08. The number of benzene rings is 1. The average molecular weight is 366 g/mol. The minimum absolute atomic E-state index is 0.449. The van der Waals surface area contributed by atoms with E-state index in [4.69, 9.17) is 11.6 Å². The predicted molar refractivity (Wildman–Crippen MR) is 87.3 cm³/mol.